The second-order valence-corrected chi connectivity index (χ2v) is 6.25. The van der Waals surface area contributed by atoms with Crippen LogP contribution in [0.15, 0.2) is 41.4 Å². The largest absolute Gasteiger partial charge is 0.486 e. The van der Waals surface area contributed by atoms with E-state index in [-0.39, 0.29) is 18.4 Å². The summed E-state index contributed by atoms with van der Waals surface area (Å²) >= 11 is 1.57. The maximum atomic E-state index is 12.5. The molecule has 0 saturated carbocycles. The number of aromatic nitrogens is 4. The summed E-state index contributed by atoms with van der Waals surface area (Å²) < 4.78 is 12.6. The molecule has 25 heavy (non-hydrogen) atoms. The van der Waals surface area contributed by atoms with Gasteiger partial charge in [0.15, 0.2) is 11.5 Å². The van der Waals surface area contributed by atoms with Gasteiger partial charge >= 0.3 is 0 Å². The number of nitrogens with zero attached hydrogens (tertiary/aromatic N) is 4. The lowest BCUT2D eigenvalue weighted by Gasteiger charge is -2.19. The number of amides is 1. The fourth-order valence-electron chi connectivity index (χ4n) is 2.65. The predicted octanol–water partition coefficient (Wildman–Crippen LogP) is 2.12. The Bertz CT molecular complexity index is 817. The molecule has 4 rings (SSSR count). The summed E-state index contributed by atoms with van der Waals surface area (Å²) in [6.07, 6.45) is 1.73. The maximum absolute atomic E-state index is 12.5. The normalized spacial score (nSPS) is 14.1. The molecule has 128 valence electrons. The number of rotatable bonds is 5. The summed E-state index contributed by atoms with van der Waals surface area (Å²) in [4.78, 5) is 12.5. The third-order valence-corrected chi connectivity index (χ3v) is 4.52. The molecule has 1 atom stereocenters. The van der Waals surface area contributed by atoms with Crippen molar-refractivity contribution in [2.75, 3.05) is 18.5 Å². The van der Waals surface area contributed by atoms with Crippen LogP contribution in [0.3, 0.4) is 0 Å². The van der Waals surface area contributed by atoms with Crippen molar-refractivity contribution in [3.05, 3.63) is 46.9 Å². The minimum atomic E-state index is -0.251. The number of fused-ring (bicyclic) bond motifs is 1. The highest BCUT2D eigenvalue weighted by Gasteiger charge is 2.20. The number of carbonyl (C=O) groups is 1. The maximum Gasteiger partial charge on any atom is 0.226 e. The molecule has 1 aromatic carbocycles. The Hall–Kier alpha value is -2.94. The minimum Gasteiger partial charge on any atom is -0.486 e. The van der Waals surface area contributed by atoms with Crippen molar-refractivity contribution in [2.24, 2.45) is 0 Å². The Morgan fingerprint density at radius 3 is 2.92 bits per heavy atom. The van der Waals surface area contributed by atoms with Crippen LogP contribution in [-0.4, -0.2) is 39.3 Å². The minimum absolute atomic E-state index is 0.136. The zero-order valence-electron chi connectivity index (χ0n) is 13.2. The monoisotopic (exact) mass is 357 g/mol. The van der Waals surface area contributed by atoms with Gasteiger partial charge in [-0.25, -0.2) is 4.68 Å². The lowest BCUT2D eigenvalue weighted by molar-refractivity contribution is -0.116. The van der Waals surface area contributed by atoms with Gasteiger partial charge in [-0.1, -0.05) is 0 Å². The lowest BCUT2D eigenvalue weighted by atomic mass is 10.1. The molecule has 3 heterocycles. The fourth-order valence-corrected chi connectivity index (χ4v) is 3.36. The molecule has 1 N–H and O–H groups in total. The van der Waals surface area contributed by atoms with Gasteiger partial charge in [-0.2, -0.15) is 11.3 Å². The standard InChI is InChI=1S/C16H15N5O3S/c22-16(18-12-1-2-14-15(7-12)24-5-4-23-14)8-13(11-3-6-25-9-11)21-10-17-19-20-21/h1-3,6-7,9-10,13H,4-5,8H2,(H,18,22). The second-order valence-electron chi connectivity index (χ2n) is 5.47. The first kappa shape index (κ1) is 15.6. The van der Waals surface area contributed by atoms with Gasteiger partial charge in [0.1, 0.15) is 19.5 Å². The first-order valence-electron chi connectivity index (χ1n) is 7.73. The Kier molecular flexibility index (Phi) is 4.30. The van der Waals surface area contributed by atoms with Crippen molar-refractivity contribution in [1.29, 1.82) is 0 Å². The summed E-state index contributed by atoms with van der Waals surface area (Å²) in [6.45, 7) is 1.04. The van der Waals surface area contributed by atoms with Gasteiger partial charge in [0.05, 0.1) is 12.5 Å². The highest BCUT2D eigenvalue weighted by molar-refractivity contribution is 7.08. The Morgan fingerprint density at radius 2 is 2.16 bits per heavy atom. The average Bonchev–Trinajstić information content (AvgIpc) is 3.33. The lowest BCUT2D eigenvalue weighted by Crippen LogP contribution is -2.21. The van der Waals surface area contributed by atoms with Gasteiger partial charge in [-0.05, 0) is 44.9 Å². The molecule has 1 amide bonds. The summed E-state index contributed by atoms with van der Waals surface area (Å²) in [5, 5.41) is 18.1. The summed E-state index contributed by atoms with van der Waals surface area (Å²) in [5.41, 5.74) is 1.66. The zero-order valence-corrected chi connectivity index (χ0v) is 14.0. The van der Waals surface area contributed by atoms with Gasteiger partial charge in [0, 0.05) is 11.8 Å². The number of tetrazole rings is 1. The summed E-state index contributed by atoms with van der Waals surface area (Å²) in [5.74, 6) is 1.19. The van der Waals surface area contributed by atoms with Crippen molar-refractivity contribution >= 4 is 22.9 Å². The zero-order chi connectivity index (χ0) is 17.1. The molecule has 9 heteroatoms. The van der Waals surface area contributed by atoms with Crippen LogP contribution < -0.4 is 14.8 Å². The van der Waals surface area contributed by atoms with E-state index in [2.05, 4.69) is 20.8 Å². The fraction of sp³-hybridized carbons (Fsp3) is 0.250. The molecular formula is C16H15N5O3S. The second kappa shape index (κ2) is 6.89. The van der Waals surface area contributed by atoms with Crippen molar-refractivity contribution in [2.45, 2.75) is 12.5 Å². The SMILES string of the molecule is O=C(CC(c1ccsc1)n1cnnn1)Nc1ccc2c(c1)OCCO2. The van der Waals surface area contributed by atoms with E-state index in [4.69, 9.17) is 9.47 Å². The Morgan fingerprint density at radius 1 is 1.28 bits per heavy atom. The molecule has 8 nitrogen and oxygen atoms in total. The van der Waals surface area contributed by atoms with Gasteiger partial charge in [-0.3, -0.25) is 4.79 Å². The Labute approximate surface area is 147 Å². The number of nitrogens with one attached hydrogen (secondary N) is 1. The number of thiophene rings is 1. The van der Waals surface area contributed by atoms with E-state index in [1.165, 1.54) is 6.33 Å². The third-order valence-electron chi connectivity index (χ3n) is 3.82. The van der Waals surface area contributed by atoms with Crippen LogP contribution in [0, 0.1) is 0 Å². The molecule has 0 aliphatic carbocycles. The number of ether oxygens (including phenoxy) is 2. The molecule has 2 aromatic heterocycles. The summed E-state index contributed by atoms with van der Waals surface area (Å²) in [7, 11) is 0. The van der Waals surface area contributed by atoms with Gasteiger partial charge < -0.3 is 14.8 Å². The molecule has 1 unspecified atom stereocenters. The van der Waals surface area contributed by atoms with E-state index >= 15 is 0 Å². The van der Waals surface area contributed by atoms with Crippen molar-refractivity contribution < 1.29 is 14.3 Å². The van der Waals surface area contributed by atoms with E-state index in [1.54, 1.807) is 34.2 Å². The van der Waals surface area contributed by atoms with Crippen LogP contribution in [0.25, 0.3) is 0 Å². The molecule has 0 bridgehead atoms. The third kappa shape index (κ3) is 3.45. The Balaban J connectivity index is 1.49. The van der Waals surface area contributed by atoms with Crippen molar-refractivity contribution in [3.8, 4) is 11.5 Å². The molecule has 0 saturated heterocycles. The smallest absolute Gasteiger partial charge is 0.226 e. The van der Waals surface area contributed by atoms with Crippen LogP contribution in [0.4, 0.5) is 5.69 Å². The van der Waals surface area contributed by atoms with Crippen LogP contribution >= 0.6 is 11.3 Å². The number of benzene rings is 1. The van der Waals surface area contributed by atoms with E-state index < -0.39 is 0 Å². The molecular weight excluding hydrogens is 342 g/mol. The quantitative estimate of drug-likeness (QED) is 0.752. The number of hydrogen-bond acceptors (Lipinski definition) is 7. The van der Waals surface area contributed by atoms with Crippen molar-refractivity contribution in [3.63, 3.8) is 0 Å². The van der Waals surface area contributed by atoms with E-state index in [0.29, 0.717) is 30.4 Å². The van der Waals surface area contributed by atoms with Gasteiger partial charge in [-0.15, -0.1) is 5.10 Å². The van der Waals surface area contributed by atoms with Crippen molar-refractivity contribution in [1.82, 2.24) is 20.2 Å². The number of hydrogen-bond donors (Lipinski definition) is 1. The average molecular weight is 357 g/mol. The van der Waals surface area contributed by atoms with Gasteiger partial charge in [0.25, 0.3) is 0 Å². The van der Waals surface area contributed by atoms with Gasteiger partial charge in [0.2, 0.25) is 5.91 Å². The molecule has 3 aromatic rings. The van der Waals surface area contributed by atoms with E-state index in [1.807, 2.05) is 16.8 Å². The predicted molar refractivity (Wildman–Crippen MR) is 91.0 cm³/mol. The van der Waals surface area contributed by atoms with E-state index in [0.717, 1.165) is 5.56 Å². The highest BCUT2D eigenvalue weighted by atomic mass is 32.1. The van der Waals surface area contributed by atoms with Crippen LogP contribution in [-0.2, 0) is 4.79 Å². The first-order valence-corrected chi connectivity index (χ1v) is 8.68. The van der Waals surface area contributed by atoms with Crippen LogP contribution in [0.5, 0.6) is 11.5 Å². The number of anilines is 1. The first-order chi connectivity index (χ1) is 12.3. The summed E-state index contributed by atoms with van der Waals surface area (Å²) in [6, 6.07) is 7.07. The molecule has 0 spiro atoms. The topological polar surface area (TPSA) is 91.2 Å². The molecule has 0 radical (unpaired) electrons. The molecule has 1 aliphatic heterocycles. The number of carbonyl (C=O) groups excluding carboxylic acids is 1. The van der Waals surface area contributed by atoms with Crippen LogP contribution in [0.2, 0.25) is 0 Å². The van der Waals surface area contributed by atoms with E-state index in [9.17, 15) is 4.79 Å². The highest BCUT2D eigenvalue weighted by Crippen LogP contribution is 2.33. The molecule has 0 fully saturated rings. The van der Waals surface area contributed by atoms with Crippen LogP contribution in [0.1, 0.15) is 18.0 Å². The molecule has 1 aliphatic rings.